The molecule has 0 aromatic carbocycles. The Balaban J connectivity index is 1.86. The lowest BCUT2D eigenvalue weighted by Gasteiger charge is -2.27. The Bertz CT molecular complexity index is 630. The van der Waals surface area contributed by atoms with E-state index < -0.39 is 0 Å². The van der Waals surface area contributed by atoms with Gasteiger partial charge in [-0.3, -0.25) is 9.59 Å². The lowest BCUT2D eigenvalue weighted by molar-refractivity contribution is 0.0732. The third kappa shape index (κ3) is 1.81. The van der Waals surface area contributed by atoms with Crippen LogP contribution in [0.15, 0.2) is 33.9 Å². The summed E-state index contributed by atoms with van der Waals surface area (Å²) in [6.07, 6.45) is 3.54. The Morgan fingerprint density at radius 3 is 3.17 bits per heavy atom. The molecule has 6 heteroatoms. The summed E-state index contributed by atoms with van der Waals surface area (Å²) < 4.78 is 4.90. The molecule has 3 heterocycles. The lowest BCUT2D eigenvalue weighted by Crippen LogP contribution is -2.37. The first-order chi connectivity index (χ1) is 8.74. The Morgan fingerprint density at radius 1 is 1.50 bits per heavy atom. The molecule has 0 saturated carbocycles. The van der Waals surface area contributed by atoms with Crippen molar-refractivity contribution in [1.82, 2.24) is 15.1 Å². The highest BCUT2D eigenvalue weighted by Crippen LogP contribution is 2.17. The molecule has 0 bridgehead atoms. The van der Waals surface area contributed by atoms with Gasteiger partial charge in [0.1, 0.15) is 6.26 Å². The standard InChI is InChI=1S/C12H11N3O3/c16-11-5-9-6-15(3-1-10(9)13-14-11)12(17)8-2-4-18-7-8/h2,4-5,7H,1,3,6H2,(H,14,16). The predicted octanol–water partition coefficient (Wildman–Crippen LogP) is 0.561. The normalized spacial score (nSPS) is 14.3. The van der Waals surface area contributed by atoms with Crippen molar-refractivity contribution in [2.24, 2.45) is 0 Å². The third-order valence-electron chi connectivity index (χ3n) is 3.01. The van der Waals surface area contributed by atoms with E-state index in [-0.39, 0.29) is 11.5 Å². The number of rotatable bonds is 1. The molecule has 0 saturated heterocycles. The number of H-pyrrole nitrogens is 1. The molecular formula is C12H11N3O3. The molecule has 1 N–H and O–H groups in total. The maximum Gasteiger partial charge on any atom is 0.264 e. The highest BCUT2D eigenvalue weighted by atomic mass is 16.3. The average Bonchev–Trinajstić information content (AvgIpc) is 2.90. The van der Waals surface area contributed by atoms with Crippen LogP contribution < -0.4 is 5.56 Å². The second-order valence-corrected chi connectivity index (χ2v) is 4.19. The predicted molar refractivity (Wildman–Crippen MR) is 62.0 cm³/mol. The molecule has 0 atom stereocenters. The minimum Gasteiger partial charge on any atom is -0.472 e. The molecule has 6 nitrogen and oxygen atoms in total. The van der Waals surface area contributed by atoms with Crippen LogP contribution in [0.1, 0.15) is 21.6 Å². The van der Waals surface area contributed by atoms with E-state index in [1.807, 2.05) is 0 Å². The molecule has 3 rings (SSSR count). The van der Waals surface area contributed by atoms with E-state index in [2.05, 4.69) is 10.2 Å². The molecule has 0 fully saturated rings. The fourth-order valence-corrected chi connectivity index (χ4v) is 2.09. The van der Waals surface area contributed by atoms with Gasteiger partial charge in [0.2, 0.25) is 0 Å². The number of fused-ring (bicyclic) bond motifs is 1. The van der Waals surface area contributed by atoms with Gasteiger partial charge in [0.05, 0.1) is 17.5 Å². The summed E-state index contributed by atoms with van der Waals surface area (Å²) in [5, 5.41) is 6.39. The molecule has 2 aromatic rings. The van der Waals surface area contributed by atoms with Gasteiger partial charge in [0.15, 0.2) is 0 Å². The van der Waals surface area contributed by atoms with Crippen molar-refractivity contribution < 1.29 is 9.21 Å². The fourth-order valence-electron chi connectivity index (χ4n) is 2.09. The zero-order valence-corrected chi connectivity index (χ0v) is 9.55. The highest BCUT2D eigenvalue weighted by Gasteiger charge is 2.23. The quantitative estimate of drug-likeness (QED) is 0.796. The van der Waals surface area contributed by atoms with Crippen LogP contribution in [0.3, 0.4) is 0 Å². The van der Waals surface area contributed by atoms with Gasteiger partial charge in [-0.25, -0.2) is 5.10 Å². The van der Waals surface area contributed by atoms with Crippen molar-refractivity contribution in [1.29, 1.82) is 0 Å². The Kier molecular flexibility index (Phi) is 2.47. The van der Waals surface area contributed by atoms with Crippen LogP contribution in [0.4, 0.5) is 0 Å². The number of nitrogens with one attached hydrogen (secondary N) is 1. The fraction of sp³-hybridized carbons (Fsp3) is 0.250. The Labute approximate surface area is 102 Å². The number of carbonyl (C=O) groups is 1. The molecule has 1 aliphatic heterocycles. The summed E-state index contributed by atoms with van der Waals surface area (Å²) in [5.41, 5.74) is 1.94. The van der Waals surface area contributed by atoms with Gasteiger partial charge >= 0.3 is 0 Å². The van der Waals surface area contributed by atoms with Gasteiger partial charge in [-0.2, -0.15) is 5.10 Å². The molecular weight excluding hydrogens is 234 g/mol. The number of amides is 1. The molecule has 0 unspecified atom stereocenters. The minimum absolute atomic E-state index is 0.0883. The minimum atomic E-state index is -0.244. The highest BCUT2D eigenvalue weighted by molar-refractivity contribution is 5.93. The van der Waals surface area contributed by atoms with Crippen LogP contribution in [-0.2, 0) is 13.0 Å². The number of hydrogen-bond acceptors (Lipinski definition) is 4. The van der Waals surface area contributed by atoms with Crippen LogP contribution in [-0.4, -0.2) is 27.5 Å². The molecule has 18 heavy (non-hydrogen) atoms. The maximum absolute atomic E-state index is 12.1. The number of aromatic nitrogens is 2. The topological polar surface area (TPSA) is 79.2 Å². The van der Waals surface area contributed by atoms with Gasteiger partial charge in [-0.15, -0.1) is 0 Å². The molecule has 1 aliphatic rings. The smallest absolute Gasteiger partial charge is 0.264 e. The monoisotopic (exact) mass is 245 g/mol. The van der Waals surface area contributed by atoms with Crippen LogP contribution in [0.25, 0.3) is 0 Å². The van der Waals surface area contributed by atoms with E-state index in [1.165, 1.54) is 18.6 Å². The molecule has 0 aliphatic carbocycles. The maximum atomic E-state index is 12.1. The first kappa shape index (κ1) is 10.8. The number of nitrogens with zero attached hydrogens (tertiary/aromatic N) is 2. The largest absolute Gasteiger partial charge is 0.472 e. The van der Waals surface area contributed by atoms with Crippen molar-refractivity contribution in [2.45, 2.75) is 13.0 Å². The lowest BCUT2D eigenvalue weighted by atomic mass is 10.1. The summed E-state index contributed by atoms with van der Waals surface area (Å²) in [6, 6.07) is 3.13. The van der Waals surface area contributed by atoms with Gasteiger partial charge < -0.3 is 9.32 Å². The van der Waals surface area contributed by atoms with Crippen molar-refractivity contribution >= 4 is 5.91 Å². The van der Waals surface area contributed by atoms with E-state index in [0.29, 0.717) is 25.1 Å². The van der Waals surface area contributed by atoms with Crippen molar-refractivity contribution in [3.05, 3.63) is 51.8 Å². The Morgan fingerprint density at radius 2 is 2.39 bits per heavy atom. The van der Waals surface area contributed by atoms with Crippen LogP contribution in [0.2, 0.25) is 0 Å². The van der Waals surface area contributed by atoms with Gasteiger partial charge in [-0.05, 0) is 6.07 Å². The van der Waals surface area contributed by atoms with Gasteiger partial charge in [-0.1, -0.05) is 0 Å². The SMILES string of the molecule is O=C(c1ccoc1)N1CCc2n[nH]c(=O)cc2C1. The number of aromatic amines is 1. The zero-order valence-electron chi connectivity index (χ0n) is 9.55. The zero-order chi connectivity index (χ0) is 12.5. The first-order valence-corrected chi connectivity index (χ1v) is 5.63. The third-order valence-corrected chi connectivity index (χ3v) is 3.01. The summed E-state index contributed by atoms with van der Waals surface area (Å²) in [6.45, 7) is 1.01. The van der Waals surface area contributed by atoms with Crippen molar-refractivity contribution in [3.63, 3.8) is 0 Å². The molecule has 1 amide bonds. The molecule has 0 radical (unpaired) electrons. The summed E-state index contributed by atoms with van der Waals surface area (Å²) in [4.78, 5) is 25.0. The second kappa shape index (κ2) is 4.14. The number of furan rings is 1. The van der Waals surface area contributed by atoms with Crippen molar-refractivity contribution in [2.75, 3.05) is 6.54 Å². The van der Waals surface area contributed by atoms with E-state index in [9.17, 15) is 9.59 Å². The van der Waals surface area contributed by atoms with Gasteiger partial charge in [0.25, 0.3) is 11.5 Å². The van der Waals surface area contributed by atoms with E-state index in [0.717, 1.165) is 11.3 Å². The van der Waals surface area contributed by atoms with Crippen LogP contribution >= 0.6 is 0 Å². The second-order valence-electron chi connectivity index (χ2n) is 4.19. The van der Waals surface area contributed by atoms with E-state index in [4.69, 9.17) is 4.42 Å². The molecule has 0 spiro atoms. The average molecular weight is 245 g/mol. The number of hydrogen-bond donors (Lipinski definition) is 1. The summed E-state index contributed by atoms with van der Waals surface area (Å²) in [7, 11) is 0. The summed E-state index contributed by atoms with van der Waals surface area (Å²) in [5.74, 6) is -0.0883. The number of carbonyl (C=O) groups excluding carboxylic acids is 1. The van der Waals surface area contributed by atoms with Crippen molar-refractivity contribution in [3.8, 4) is 0 Å². The van der Waals surface area contributed by atoms with Gasteiger partial charge in [0, 0.05) is 31.1 Å². The van der Waals surface area contributed by atoms with Crippen LogP contribution in [0.5, 0.6) is 0 Å². The van der Waals surface area contributed by atoms with E-state index in [1.54, 1.807) is 11.0 Å². The van der Waals surface area contributed by atoms with Crippen LogP contribution in [0, 0.1) is 0 Å². The first-order valence-electron chi connectivity index (χ1n) is 5.63. The summed E-state index contributed by atoms with van der Waals surface area (Å²) >= 11 is 0. The Hall–Kier alpha value is -2.37. The van der Waals surface area contributed by atoms with E-state index >= 15 is 0 Å². The molecule has 92 valence electrons. The molecule has 2 aromatic heterocycles.